The fourth-order valence-electron chi connectivity index (χ4n) is 3.62. The van der Waals surface area contributed by atoms with Crippen molar-refractivity contribution in [2.24, 2.45) is 4.99 Å². The van der Waals surface area contributed by atoms with Crippen molar-refractivity contribution in [1.29, 1.82) is 0 Å². The molecule has 5 nitrogen and oxygen atoms in total. The van der Waals surface area contributed by atoms with Crippen molar-refractivity contribution in [3.8, 4) is 11.5 Å². The number of rotatable bonds is 6. The van der Waals surface area contributed by atoms with Gasteiger partial charge < -0.3 is 14.8 Å². The van der Waals surface area contributed by atoms with E-state index in [0.29, 0.717) is 16.7 Å². The molecule has 5 rings (SSSR count). The Morgan fingerprint density at radius 1 is 0.971 bits per heavy atom. The van der Waals surface area contributed by atoms with E-state index in [1.165, 1.54) is 22.5 Å². The van der Waals surface area contributed by atoms with E-state index in [4.69, 9.17) is 9.47 Å². The molecule has 1 heterocycles. The average molecular weight is 545 g/mol. The van der Waals surface area contributed by atoms with Crippen LogP contribution in [0.3, 0.4) is 0 Å². The van der Waals surface area contributed by atoms with E-state index in [1.54, 1.807) is 7.11 Å². The lowest BCUT2D eigenvalue weighted by Gasteiger charge is -2.10. The zero-order valence-corrected chi connectivity index (χ0v) is 21.2. The molecule has 0 aliphatic carbocycles. The molecule has 1 aliphatic rings. The number of methoxy groups -OCH3 is 1. The first kappa shape index (κ1) is 23.2. The molecule has 0 spiro atoms. The number of amides is 1. The third kappa shape index (κ3) is 5.58. The minimum Gasteiger partial charge on any atom is -0.497 e. The van der Waals surface area contributed by atoms with Gasteiger partial charge in [0.1, 0.15) is 18.1 Å². The number of nitrogens with zero attached hydrogens (tertiary/aromatic N) is 1. The minimum absolute atomic E-state index is 0.171. The second-order valence-electron chi connectivity index (χ2n) is 7.84. The molecule has 174 valence electrons. The van der Waals surface area contributed by atoms with Crippen LogP contribution >= 0.6 is 27.7 Å². The lowest BCUT2D eigenvalue weighted by atomic mass is 10.1. The van der Waals surface area contributed by atoms with E-state index >= 15 is 0 Å². The van der Waals surface area contributed by atoms with Crippen LogP contribution in [-0.2, 0) is 11.4 Å². The molecule has 0 bridgehead atoms. The zero-order valence-electron chi connectivity index (χ0n) is 18.8. The van der Waals surface area contributed by atoms with Gasteiger partial charge in [0.2, 0.25) is 0 Å². The van der Waals surface area contributed by atoms with Crippen molar-refractivity contribution in [3.63, 3.8) is 0 Å². The number of ether oxygens (including phenoxy) is 2. The van der Waals surface area contributed by atoms with Gasteiger partial charge in [-0.1, -0.05) is 42.5 Å². The van der Waals surface area contributed by atoms with Crippen LogP contribution < -0.4 is 14.8 Å². The van der Waals surface area contributed by atoms with Gasteiger partial charge in [-0.25, -0.2) is 4.99 Å². The Balaban J connectivity index is 1.26. The third-order valence-electron chi connectivity index (χ3n) is 5.42. The van der Waals surface area contributed by atoms with Crippen molar-refractivity contribution >= 4 is 61.3 Å². The number of carbonyl (C=O) groups is 1. The number of nitrogens with one attached hydrogen (secondary N) is 1. The van der Waals surface area contributed by atoms with Gasteiger partial charge in [-0.3, -0.25) is 4.79 Å². The molecular weight excluding hydrogens is 524 g/mol. The first-order chi connectivity index (χ1) is 17.1. The second-order valence-corrected chi connectivity index (χ2v) is 9.72. The summed E-state index contributed by atoms with van der Waals surface area (Å²) in [4.78, 5) is 17.5. The van der Waals surface area contributed by atoms with Gasteiger partial charge in [-0.2, -0.15) is 0 Å². The number of halogens is 1. The maximum Gasteiger partial charge on any atom is 0.264 e. The fourth-order valence-corrected chi connectivity index (χ4v) is 4.97. The number of carbonyl (C=O) groups excluding carboxylic acids is 1. The molecule has 1 amide bonds. The summed E-state index contributed by atoms with van der Waals surface area (Å²) in [6.07, 6.45) is 1.84. The van der Waals surface area contributed by atoms with Crippen molar-refractivity contribution in [2.45, 2.75) is 6.61 Å². The number of amidine groups is 1. The van der Waals surface area contributed by atoms with E-state index < -0.39 is 0 Å². The summed E-state index contributed by atoms with van der Waals surface area (Å²) in [5.41, 5.74) is 2.73. The van der Waals surface area contributed by atoms with E-state index in [-0.39, 0.29) is 5.91 Å². The number of fused-ring (bicyclic) bond motifs is 1. The van der Waals surface area contributed by atoms with Crippen molar-refractivity contribution in [1.82, 2.24) is 5.32 Å². The lowest BCUT2D eigenvalue weighted by Crippen LogP contribution is -2.19. The standard InChI is InChI=1S/C28H21BrN2O3S/c1-33-23-11-9-22(10-12-23)30-28-31-27(32)26(35-28)16-18-7-13-25(24(29)15-18)34-17-19-6-8-20-4-2-3-5-21(20)14-19/h2-16H,17H2,1H3,(H,30,31,32)/b26-16+. The SMILES string of the molecule is COc1ccc(N=C2NC(=O)/C(=C\c3ccc(OCc4ccc5ccccc5c4)c(Br)c3)S2)cc1. The van der Waals surface area contributed by atoms with Crippen LogP contribution in [0.25, 0.3) is 16.8 Å². The normalized spacial score (nSPS) is 15.5. The summed E-state index contributed by atoms with van der Waals surface area (Å²) in [5, 5.41) is 5.76. The second kappa shape index (κ2) is 10.4. The molecule has 4 aromatic rings. The largest absolute Gasteiger partial charge is 0.497 e. The quantitative estimate of drug-likeness (QED) is 0.263. The van der Waals surface area contributed by atoms with Gasteiger partial charge in [-0.05, 0) is 98.1 Å². The van der Waals surface area contributed by atoms with Crippen LogP contribution in [0.4, 0.5) is 5.69 Å². The van der Waals surface area contributed by atoms with Crippen molar-refractivity contribution < 1.29 is 14.3 Å². The molecule has 7 heteroatoms. The topological polar surface area (TPSA) is 59.9 Å². The molecular formula is C28H21BrN2O3S. The molecule has 4 aromatic carbocycles. The Morgan fingerprint density at radius 2 is 1.77 bits per heavy atom. The number of thioether (sulfide) groups is 1. The number of hydrogen-bond acceptors (Lipinski definition) is 5. The highest BCUT2D eigenvalue weighted by atomic mass is 79.9. The summed E-state index contributed by atoms with van der Waals surface area (Å²) < 4.78 is 12.0. The maximum absolute atomic E-state index is 12.4. The molecule has 0 radical (unpaired) electrons. The number of aliphatic imine (C=N–C) groups is 1. The zero-order chi connectivity index (χ0) is 24.2. The molecule has 1 saturated heterocycles. The molecule has 0 aromatic heterocycles. The van der Waals surface area contributed by atoms with Crippen molar-refractivity contribution in [3.05, 3.63) is 105 Å². The van der Waals surface area contributed by atoms with Gasteiger partial charge in [0.15, 0.2) is 5.17 Å². The monoisotopic (exact) mass is 544 g/mol. The fraction of sp³-hybridized carbons (Fsp3) is 0.0714. The Labute approximate surface area is 216 Å². The van der Waals surface area contributed by atoms with Gasteiger partial charge in [-0.15, -0.1) is 0 Å². The van der Waals surface area contributed by atoms with E-state index in [9.17, 15) is 4.79 Å². The lowest BCUT2D eigenvalue weighted by molar-refractivity contribution is -0.115. The molecule has 1 aliphatic heterocycles. The minimum atomic E-state index is -0.171. The summed E-state index contributed by atoms with van der Waals surface area (Å²) >= 11 is 4.91. The molecule has 35 heavy (non-hydrogen) atoms. The van der Waals surface area contributed by atoms with E-state index in [1.807, 2.05) is 60.7 Å². The van der Waals surface area contributed by atoms with E-state index in [0.717, 1.165) is 32.8 Å². The van der Waals surface area contributed by atoms with Crippen LogP contribution in [0, 0.1) is 0 Å². The van der Waals surface area contributed by atoms with Gasteiger partial charge in [0.05, 0.1) is 22.2 Å². The Kier molecular flexibility index (Phi) is 6.88. The van der Waals surface area contributed by atoms with Crippen molar-refractivity contribution in [2.75, 3.05) is 7.11 Å². The average Bonchev–Trinajstić information content (AvgIpc) is 3.22. The van der Waals surface area contributed by atoms with E-state index in [2.05, 4.69) is 56.6 Å². The van der Waals surface area contributed by atoms with Crippen LogP contribution in [0.1, 0.15) is 11.1 Å². The van der Waals surface area contributed by atoms with Crippen LogP contribution in [0.5, 0.6) is 11.5 Å². The highest BCUT2D eigenvalue weighted by Gasteiger charge is 2.24. The van der Waals surface area contributed by atoms with Gasteiger partial charge in [0.25, 0.3) is 5.91 Å². The third-order valence-corrected chi connectivity index (χ3v) is 6.95. The highest BCUT2D eigenvalue weighted by molar-refractivity contribution is 9.10. The Morgan fingerprint density at radius 3 is 2.54 bits per heavy atom. The first-order valence-corrected chi connectivity index (χ1v) is 12.5. The van der Waals surface area contributed by atoms with Crippen LogP contribution in [0.2, 0.25) is 0 Å². The van der Waals surface area contributed by atoms with Crippen LogP contribution in [-0.4, -0.2) is 18.2 Å². The smallest absolute Gasteiger partial charge is 0.264 e. The number of hydrogen-bond donors (Lipinski definition) is 1. The Bertz CT molecular complexity index is 1470. The van der Waals surface area contributed by atoms with Gasteiger partial charge >= 0.3 is 0 Å². The molecule has 1 N–H and O–H groups in total. The molecule has 1 fully saturated rings. The number of benzene rings is 4. The molecule has 0 atom stereocenters. The highest BCUT2D eigenvalue weighted by Crippen LogP contribution is 2.32. The van der Waals surface area contributed by atoms with Gasteiger partial charge in [0, 0.05) is 0 Å². The summed E-state index contributed by atoms with van der Waals surface area (Å²) in [7, 11) is 1.62. The Hall–Kier alpha value is -3.55. The molecule has 0 saturated carbocycles. The maximum atomic E-state index is 12.4. The van der Waals surface area contributed by atoms with Crippen LogP contribution in [0.15, 0.2) is 99.3 Å². The summed E-state index contributed by atoms with van der Waals surface area (Å²) in [6, 6.07) is 27.7. The predicted molar refractivity (Wildman–Crippen MR) is 146 cm³/mol. The first-order valence-electron chi connectivity index (χ1n) is 10.9. The summed E-state index contributed by atoms with van der Waals surface area (Å²) in [5.74, 6) is 1.33. The summed E-state index contributed by atoms with van der Waals surface area (Å²) in [6.45, 7) is 0.466. The predicted octanol–water partition coefficient (Wildman–Crippen LogP) is 7.08. The molecule has 0 unspecified atom stereocenters.